The first-order valence-electron chi connectivity index (χ1n) is 2.81. The second-order valence-corrected chi connectivity index (χ2v) is 2.39. The fourth-order valence-corrected chi connectivity index (χ4v) is 0.577. The molecule has 5 nitrogen and oxygen atoms in total. The number of hydrogen-bond acceptors (Lipinski definition) is 4. The van der Waals surface area contributed by atoms with Gasteiger partial charge in [-0.15, -0.1) is 0 Å². The molecule has 0 aliphatic carbocycles. The van der Waals surface area contributed by atoms with Crippen LogP contribution >= 0.6 is 22.6 Å². The number of alkyl carbamates (subject to hydrolysis) is 1. The van der Waals surface area contributed by atoms with Crippen molar-refractivity contribution in [2.45, 2.75) is 0 Å². The lowest BCUT2D eigenvalue weighted by Crippen LogP contribution is -2.27. The van der Waals surface area contributed by atoms with E-state index in [4.69, 9.17) is 0 Å². The van der Waals surface area contributed by atoms with Crippen LogP contribution in [-0.2, 0) is 9.47 Å². The van der Waals surface area contributed by atoms with Gasteiger partial charge in [0.25, 0.3) is 0 Å². The average molecular weight is 273 g/mol. The Morgan fingerprint density at radius 3 is 2.64 bits per heavy atom. The van der Waals surface area contributed by atoms with Gasteiger partial charge in [0.05, 0.1) is 36.2 Å². The van der Waals surface area contributed by atoms with Crippen LogP contribution in [0.15, 0.2) is 0 Å². The molecule has 0 radical (unpaired) electrons. The van der Waals surface area contributed by atoms with E-state index >= 15 is 0 Å². The summed E-state index contributed by atoms with van der Waals surface area (Å²) in [6.45, 7) is 0.429. The molecular weight excluding hydrogens is 265 g/mol. The normalized spacial score (nSPS) is 8.55. The van der Waals surface area contributed by atoms with Gasteiger partial charge in [0.1, 0.15) is 6.61 Å². The third-order valence-corrected chi connectivity index (χ3v) is 1.08. The maximum Gasteiger partial charge on any atom is 0.406 e. The molecule has 11 heavy (non-hydrogen) atoms. The molecule has 64 valence electrons. The molecular formula is C5H8INO4. The van der Waals surface area contributed by atoms with Crippen LogP contribution in [0.4, 0.5) is 9.59 Å². The van der Waals surface area contributed by atoms with E-state index in [1.807, 2.05) is 0 Å². The smallest absolute Gasteiger partial charge is 0.406 e. The van der Waals surface area contributed by atoms with Crippen LogP contribution < -0.4 is 5.32 Å². The van der Waals surface area contributed by atoms with Crippen LogP contribution in [0.2, 0.25) is 0 Å². The van der Waals surface area contributed by atoms with Crippen molar-refractivity contribution in [2.24, 2.45) is 0 Å². The Hall–Kier alpha value is -0.530. The minimum Gasteiger partial charge on any atom is -0.456 e. The quantitative estimate of drug-likeness (QED) is 0.471. The third-order valence-electron chi connectivity index (χ3n) is 0.772. The number of nitrogens with one attached hydrogen (secondary N) is 1. The molecule has 6 heteroatoms. The lowest BCUT2D eigenvalue weighted by Gasteiger charge is -2.02. The molecule has 0 rings (SSSR count). The Bertz CT molecular complexity index is 149. The van der Waals surface area contributed by atoms with E-state index in [9.17, 15) is 9.59 Å². The number of halogens is 1. The number of methoxy groups -OCH3 is 1. The fourth-order valence-electron chi connectivity index (χ4n) is 0.357. The number of carbonyl (C=O) groups is 2. The second-order valence-electron chi connectivity index (χ2n) is 1.50. The van der Waals surface area contributed by atoms with Crippen molar-refractivity contribution in [2.75, 3.05) is 20.3 Å². The van der Waals surface area contributed by atoms with Crippen molar-refractivity contribution in [3.8, 4) is 0 Å². The minimum atomic E-state index is -0.533. The molecule has 1 N–H and O–H groups in total. The highest BCUT2D eigenvalue weighted by Crippen LogP contribution is 1.89. The molecule has 0 unspecified atom stereocenters. The molecule has 0 aromatic carbocycles. The number of ether oxygens (including phenoxy) is 2. The molecule has 0 saturated heterocycles. The number of hydrogen-bond donors (Lipinski definition) is 1. The highest BCUT2D eigenvalue weighted by atomic mass is 127. The molecule has 0 aliphatic heterocycles. The van der Waals surface area contributed by atoms with Gasteiger partial charge in [-0.1, -0.05) is 0 Å². The van der Waals surface area contributed by atoms with E-state index in [1.165, 1.54) is 29.7 Å². The Morgan fingerprint density at radius 1 is 1.55 bits per heavy atom. The fraction of sp³-hybridized carbons (Fsp3) is 0.600. The molecule has 0 saturated carbocycles. The van der Waals surface area contributed by atoms with Crippen molar-refractivity contribution in [3.63, 3.8) is 0 Å². The van der Waals surface area contributed by atoms with Gasteiger partial charge in [-0.2, -0.15) is 0 Å². The topological polar surface area (TPSA) is 64.6 Å². The molecule has 0 bridgehead atoms. The highest BCUT2D eigenvalue weighted by Gasteiger charge is 1.97. The molecule has 0 heterocycles. The van der Waals surface area contributed by atoms with Gasteiger partial charge >= 0.3 is 10.1 Å². The van der Waals surface area contributed by atoms with Gasteiger partial charge in [0, 0.05) is 0 Å². The van der Waals surface area contributed by atoms with Crippen LogP contribution in [-0.4, -0.2) is 30.3 Å². The van der Waals surface area contributed by atoms with E-state index in [-0.39, 0.29) is 13.2 Å². The molecule has 0 aromatic heterocycles. The zero-order chi connectivity index (χ0) is 8.69. The Labute approximate surface area is 77.6 Å². The Kier molecular flexibility index (Phi) is 5.90. The zero-order valence-electron chi connectivity index (χ0n) is 5.93. The summed E-state index contributed by atoms with van der Waals surface area (Å²) in [5.74, 6) is 0. The van der Waals surface area contributed by atoms with Crippen molar-refractivity contribution in [3.05, 3.63) is 0 Å². The minimum absolute atomic E-state index is 0.164. The third kappa shape index (κ3) is 7.37. The van der Waals surface area contributed by atoms with Crippen molar-refractivity contribution >= 4 is 32.7 Å². The van der Waals surface area contributed by atoms with Gasteiger partial charge in [-0.25, -0.2) is 9.59 Å². The highest BCUT2D eigenvalue weighted by molar-refractivity contribution is 14.1. The summed E-state index contributed by atoms with van der Waals surface area (Å²) in [5, 5.41) is 2.35. The maximum atomic E-state index is 10.4. The zero-order valence-corrected chi connectivity index (χ0v) is 8.08. The number of rotatable bonds is 3. The summed E-state index contributed by atoms with van der Waals surface area (Å²) >= 11 is 1.50. The Balaban J connectivity index is 3.14. The van der Waals surface area contributed by atoms with Crippen LogP contribution in [0.5, 0.6) is 0 Å². The van der Waals surface area contributed by atoms with Gasteiger partial charge < -0.3 is 14.8 Å². The summed E-state index contributed by atoms with van der Waals surface area (Å²) in [7, 11) is 1.26. The van der Waals surface area contributed by atoms with Gasteiger partial charge in [0.15, 0.2) is 0 Å². The summed E-state index contributed by atoms with van der Waals surface area (Å²) in [4.78, 5) is 20.6. The summed E-state index contributed by atoms with van der Waals surface area (Å²) in [5.41, 5.74) is 0. The first kappa shape index (κ1) is 10.5. The Morgan fingerprint density at radius 2 is 2.18 bits per heavy atom. The lowest BCUT2D eigenvalue weighted by molar-refractivity contribution is 0.159. The van der Waals surface area contributed by atoms with Gasteiger partial charge in [-0.3, -0.25) is 0 Å². The van der Waals surface area contributed by atoms with Crippen LogP contribution in [0.25, 0.3) is 0 Å². The molecule has 0 aliphatic rings. The first-order valence-corrected chi connectivity index (χ1v) is 3.88. The van der Waals surface area contributed by atoms with Crippen LogP contribution in [0.3, 0.4) is 0 Å². The van der Waals surface area contributed by atoms with Crippen molar-refractivity contribution < 1.29 is 19.1 Å². The predicted molar refractivity (Wildman–Crippen MR) is 45.8 cm³/mol. The van der Waals surface area contributed by atoms with Crippen LogP contribution in [0, 0.1) is 0 Å². The standard InChI is InChI=1S/C5H8INO4/c1-10-5(9)7-2-3-11-4(6)8/h2-3H2,1H3,(H,7,9). The number of amides is 1. The molecule has 0 aromatic rings. The maximum absolute atomic E-state index is 10.4. The van der Waals surface area contributed by atoms with Crippen molar-refractivity contribution in [1.29, 1.82) is 0 Å². The summed E-state index contributed by atoms with van der Waals surface area (Å²) in [6.07, 6.45) is -0.533. The second kappa shape index (κ2) is 6.20. The monoisotopic (exact) mass is 273 g/mol. The van der Waals surface area contributed by atoms with E-state index in [0.717, 1.165) is 0 Å². The van der Waals surface area contributed by atoms with Gasteiger partial charge in [-0.05, 0) is 0 Å². The van der Waals surface area contributed by atoms with E-state index in [1.54, 1.807) is 0 Å². The molecule has 0 spiro atoms. The summed E-state index contributed by atoms with van der Waals surface area (Å²) < 4.78 is 8.38. The van der Waals surface area contributed by atoms with Crippen LogP contribution in [0.1, 0.15) is 0 Å². The average Bonchev–Trinajstić information content (AvgIpc) is 1.97. The largest absolute Gasteiger partial charge is 0.456 e. The molecule has 0 fully saturated rings. The van der Waals surface area contributed by atoms with E-state index in [0.29, 0.717) is 0 Å². The first-order chi connectivity index (χ1) is 5.16. The van der Waals surface area contributed by atoms with E-state index < -0.39 is 10.1 Å². The predicted octanol–water partition coefficient (Wildman–Crippen LogP) is 0.914. The number of carbonyl (C=O) groups excluding carboxylic acids is 2. The molecule has 0 atom stereocenters. The summed E-state index contributed by atoms with van der Waals surface area (Å²) in [6, 6.07) is 0. The lowest BCUT2D eigenvalue weighted by atomic mass is 10.7. The van der Waals surface area contributed by atoms with E-state index in [2.05, 4.69) is 14.8 Å². The van der Waals surface area contributed by atoms with Gasteiger partial charge in [0.2, 0.25) is 0 Å². The SMILES string of the molecule is COC(=O)NCCOC(=O)I. The van der Waals surface area contributed by atoms with Crippen molar-refractivity contribution in [1.82, 2.24) is 5.32 Å². The molecule has 1 amide bonds.